The van der Waals surface area contributed by atoms with E-state index in [1.807, 2.05) is 44.4 Å². The summed E-state index contributed by atoms with van der Waals surface area (Å²) in [6.07, 6.45) is 0. The second-order valence-electron chi connectivity index (χ2n) is 5.40. The molecule has 2 unspecified atom stereocenters. The van der Waals surface area contributed by atoms with Crippen LogP contribution >= 0.6 is 23.2 Å². The lowest BCUT2D eigenvalue weighted by molar-refractivity contribution is -0.124. The van der Waals surface area contributed by atoms with E-state index >= 15 is 0 Å². The third kappa shape index (κ3) is 3.16. The highest BCUT2D eigenvalue weighted by molar-refractivity contribution is 6.35. The highest BCUT2D eigenvalue weighted by Gasteiger charge is 2.25. The molecule has 0 fully saturated rings. The van der Waals surface area contributed by atoms with Gasteiger partial charge in [-0.25, -0.2) is 4.98 Å². The summed E-state index contributed by atoms with van der Waals surface area (Å²) in [6.45, 7) is 7.51. The van der Waals surface area contributed by atoms with E-state index in [0.29, 0.717) is 10.8 Å². The summed E-state index contributed by atoms with van der Waals surface area (Å²) in [5.74, 6) is 0.564. The summed E-state index contributed by atoms with van der Waals surface area (Å²) in [5, 5.41) is 3.15. The number of halogens is 2. The van der Waals surface area contributed by atoms with Crippen LogP contribution < -0.4 is 5.32 Å². The van der Waals surface area contributed by atoms with E-state index in [2.05, 4.69) is 10.3 Å². The minimum absolute atomic E-state index is 0.0714. The van der Waals surface area contributed by atoms with Crippen LogP contribution in [0.2, 0.25) is 5.02 Å². The molecule has 4 nitrogen and oxygen atoms in total. The van der Waals surface area contributed by atoms with Gasteiger partial charge in [0.15, 0.2) is 0 Å². The number of nitrogens with zero attached hydrogens (tertiary/aromatic N) is 2. The molecule has 2 atom stereocenters. The van der Waals surface area contributed by atoms with Crippen LogP contribution in [0.25, 0.3) is 11.0 Å². The first-order chi connectivity index (χ1) is 9.82. The Balaban J connectivity index is 2.60. The molecule has 1 aromatic carbocycles. The van der Waals surface area contributed by atoms with Crippen LogP contribution in [0.1, 0.15) is 44.9 Å². The fourth-order valence-electron chi connectivity index (χ4n) is 2.32. The number of rotatable bonds is 4. The summed E-state index contributed by atoms with van der Waals surface area (Å²) >= 11 is 12.5. The molecule has 1 aromatic heterocycles. The molecular formula is C15H19Cl2N3O. The molecule has 2 rings (SSSR count). The zero-order chi connectivity index (χ0) is 15.7. The number of amides is 1. The van der Waals surface area contributed by atoms with E-state index in [-0.39, 0.29) is 17.3 Å². The number of para-hydroxylation sites is 1. The quantitative estimate of drug-likeness (QED) is 0.860. The Kier molecular flexibility index (Phi) is 4.79. The van der Waals surface area contributed by atoms with Crippen molar-refractivity contribution in [3.8, 4) is 0 Å². The van der Waals surface area contributed by atoms with Crippen molar-refractivity contribution in [2.45, 2.75) is 45.2 Å². The van der Waals surface area contributed by atoms with E-state index in [9.17, 15) is 4.79 Å². The van der Waals surface area contributed by atoms with Gasteiger partial charge < -0.3 is 9.88 Å². The summed E-state index contributed by atoms with van der Waals surface area (Å²) in [6, 6.07) is 5.13. The smallest absolute Gasteiger partial charge is 0.243 e. The number of fused-ring (bicyclic) bond motifs is 1. The monoisotopic (exact) mass is 327 g/mol. The average Bonchev–Trinajstić information content (AvgIpc) is 2.78. The third-order valence-corrected chi connectivity index (χ3v) is 3.74. The number of aromatic nitrogens is 2. The zero-order valence-electron chi connectivity index (χ0n) is 12.5. The van der Waals surface area contributed by atoms with Crippen molar-refractivity contribution >= 4 is 40.1 Å². The lowest BCUT2D eigenvalue weighted by Gasteiger charge is -2.20. The zero-order valence-corrected chi connectivity index (χ0v) is 14.0. The molecule has 114 valence electrons. The van der Waals surface area contributed by atoms with Crippen molar-refractivity contribution in [3.63, 3.8) is 0 Å². The number of benzene rings is 1. The number of hydrogen-bond donors (Lipinski definition) is 1. The molecule has 21 heavy (non-hydrogen) atoms. The Morgan fingerprint density at radius 1 is 1.29 bits per heavy atom. The molecule has 0 aliphatic heterocycles. The van der Waals surface area contributed by atoms with Crippen molar-refractivity contribution in [1.82, 2.24) is 14.9 Å². The first-order valence-corrected chi connectivity index (χ1v) is 7.75. The maximum Gasteiger partial charge on any atom is 0.243 e. The van der Waals surface area contributed by atoms with Gasteiger partial charge in [0.05, 0.1) is 21.4 Å². The molecule has 2 aromatic rings. The van der Waals surface area contributed by atoms with Crippen LogP contribution in [0.5, 0.6) is 0 Å². The molecule has 0 saturated carbocycles. The van der Waals surface area contributed by atoms with Gasteiger partial charge in [0.25, 0.3) is 0 Å². The van der Waals surface area contributed by atoms with Gasteiger partial charge in [0.2, 0.25) is 5.91 Å². The first-order valence-electron chi connectivity index (χ1n) is 6.93. The van der Waals surface area contributed by atoms with Gasteiger partial charge in [-0.2, -0.15) is 0 Å². The highest BCUT2D eigenvalue weighted by Crippen LogP contribution is 2.32. The molecule has 1 heterocycles. The van der Waals surface area contributed by atoms with E-state index in [4.69, 9.17) is 23.2 Å². The van der Waals surface area contributed by atoms with Crippen LogP contribution in [-0.2, 0) is 4.79 Å². The van der Waals surface area contributed by atoms with Crippen molar-refractivity contribution < 1.29 is 4.79 Å². The van der Waals surface area contributed by atoms with Crippen molar-refractivity contribution in [3.05, 3.63) is 29.0 Å². The van der Waals surface area contributed by atoms with Gasteiger partial charge in [-0.3, -0.25) is 4.79 Å². The largest absolute Gasteiger partial charge is 0.352 e. The van der Waals surface area contributed by atoms with Gasteiger partial charge >= 0.3 is 0 Å². The summed E-state index contributed by atoms with van der Waals surface area (Å²) < 4.78 is 1.83. The Hall–Kier alpha value is -1.26. The van der Waals surface area contributed by atoms with Gasteiger partial charge in [-0.05, 0) is 39.8 Å². The predicted octanol–water partition coefficient (Wildman–Crippen LogP) is 4.08. The number of carbonyl (C=O) groups excluding carboxylic acids is 1. The van der Waals surface area contributed by atoms with E-state index in [1.165, 1.54) is 0 Å². The minimum Gasteiger partial charge on any atom is -0.352 e. The lowest BCUT2D eigenvalue weighted by Crippen LogP contribution is -2.36. The molecule has 0 aliphatic rings. The van der Waals surface area contributed by atoms with Crippen molar-refractivity contribution in [1.29, 1.82) is 0 Å². The van der Waals surface area contributed by atoms with E-state index in [0.717, 1.165) is 11.0 Å². The van der Waals surface area contributed by atoms with Crippen LogP contribution in [0, 0.1) is 0 Å². The fraction of sp³-hybridized carbons (Fsp3) is 0.467. The second-order valence-corrected chi connectivity index (χ2v) is 6.46. The highest BCUT2D eigenvalue weighted by atomic mass is 35.5. The molecule has 0 bridgehead atoms. The van der Waals surface area contributed by atoms with Crippen molar-refractivity contribution in [2.24, 2.45) is 0 Å². The van der Waals surface area contributed by atoms with Crippen LogP contribution in [-0.4, -0.2) is 21.5 Å². The third-order valence-electron chi connectivity index (χ3n) is 3.24. The lowest BCUT2D eigenvalue weighted by atomic mass is 10.2. The van der Waals surface area contributed by atoms with Crippen LogP contribution in [0.3, 0.4) is 0 Å². The first kappa shape index (κ1) is 16.1. The second kappa shape index (κ2) is 6.24. The molecule has 1 amide bonds. The minimum atomic E-state index is -0.437. The Bertz CT molecular complexity index is 664. The molecule has 1 N–H and O–H groups in total. The van der Waals surface area contributed by atoms with Crippen molar-refractivity contribution in [2.75, 3.05) is 0 Å². The predicted molar refractivity (Wildman–Crippen MR) is 87.0 cm³/mol. The van der Waals surface area contributed by atoms with Gasteiger partial charge in [0, 0.05) is 6.04 Å². The van der Waals surface area contributed by atoms with Gasteiger partial charge in [-0.1, -0.05) is 17.7 Å². The molecule has 0 radical (unpaired) electrons. The Morgan fingerprint density at radius 2 is 1.95 bits per heavy atom. The van der Waals surface area contributed by atoms with Gasteiger partial charge in [0.1, 0.15) is 11.9 Å². The van der Waals surface area contributed by atoms with Crippen LogP contribution in [0.15, 0.2) is 18.2 Å². The number of imidazole rings is 1. The number of alkyl halides is 1. The van der Waals surface area contributed by atoms with E-state index < -0.39 is 6.04 Å². The summed E-state index contributed by atoms with van der Waals surface area (Å²) in [7, 11) is 0. The van der Waals surface area contributed by atoms with E-state index in [1.54, 1.807) is 6.07 Å². The summed E-state index contributed by atoms with van der Waals surface area (Å²) in [4.78, 5) is 16.9. The van der Waals surface area contributed by atoms with Crippen LogP contribution in [0.4, 0.5) is 0 Å². The normalized spacial score (nSPS) is 14.4. The number of nitrogens with one attached hydrogen (secondary N) is 1. The molecule has 0 aliphatic carbocycles. The number of hydrogen-bond acceptors (Lipinski definition) is 2. The number of carbonyl (C=O) groups is 1. The molecular weight excluding hydrogens is 309 g/mol. The average molecular weight is 328 g/mol. The Labute approximate surface area is 134 Å². The molecule has 0 saturated heterocycles. The SMILES string of the molecule is CC(C)NC(=O)C(C)n1c(C(C)Cl)nc2cccc(Cl)c21. The molecule has 6 heteroatoms. The van der Waals surface area contributed by atoms with Gasteiger partial charge in [-0.15, -0.1) is 11.6 Å². The summed E-state index contributed by atoms with van der Waals surface area (Å²) in [5.41, 5.74) is 1.49. The maximum atomic E-state index is 12.3. The fourth-order valence-corrected chi connectivity index (χ4v) is 2.73. The standard InChI is InChI=1S/C15H19Cl2N3O/c1-8(2)18-15(21)10(4)20-13-11(17)6-5-7-12(13)19-14(20)9(3)16/h5-10H,1-4H3,(H,18,21). The molecule has 0 spiro atoms. The maximum absolute atomic E-state index is 12.3. The Morgan fingerprint density at radius 3 is 2.52 bits per heavy atom. The topological polar surface area (TPSA) is 46.9 Å².